The average Bonchev–Trinajstić information content (AvgIpc) is 2.71. The van der Waals surface area contributed by atoms with E-state index in [1.165, 1.54) is 36.4 Å². The first-order chi connectivity index (χ1) is 14.7. The summed E-state index contributed by atoms with van der Waals surface area (Å²) in [6, 6.07) is 15.3. The van der Waals surface area contributed by atoms with Gasteiger partial charge in [-0.05, 0) is 55.3 Å². The van der Waals surface area contributed by atoms with Crippen LogP contribution in [0.25, 0.3) is 0 Å². The molecule has 0 bridgehead atoms. The van der Waals surface area contributed by atoms with Crippen LogP contribution in [0, 0.1) is 24.0 Å². The van der Waals surface area contributed by atoms with Crippen LogP contribution in [0.5, 0.6) is 0 Å². The number of anilines is 2. The van der Waals surface area contributed by atoms with Gasteiger partial charge < -0.3 is 0 Å². The Morgan fingerprint density at radius 3 is 2.39 bits per heavy atom. The van der Waals surface area contributed by atoms with E-state index in [0.29, 0.717) is 5.02 Å². The van der Waals surface area contributed by atoms with E-state index < -0.39 is 14.9 Å². The Labute approximate surface area is 184 Å². The molecule has 0 atom stereocenters. The zero-order valence-electron chi connectivity index (χ0n) is 16.7. The highest BCUT2D eigenvalue weighted by Gasteiger charge is 2.22. The van der Waals surface area contributed by atoms with Gasteiger partial charge in [0, 0.05) is 22.8 Å². The van der Waals surface area contributed by atoms with Crippen LogP contribution in [0.1, 0.15) is 16.7 Å². The van der Waals surface area contributed by atoms with Crippen LogP contribution >= 0.6 is 11.6 Å². The van der Waals surface area contributed by atoms with E-state index in [1.54, 1.807) is 6.21 Å². The zero-order chi connectivity index (χ0) is 22.6. The zero-order valence-corrected chi connectivity index (χ0v) is 18.2. The number of hydrazone groups is 1. The van der Waals surface area contributed by atoms with Crippen molar-refractivity contribution in [2.45, 2.75) is 18.7 Å². The molecule has 0 aromatic heterocycles. The summed E-state index contributed by atoms with van der Waals surface area (Å²) in [4.78, 5) is 10.2. The molecule has 0 unspecified atom stereocenters. The molecule has 160 valence electrons. The number of sulfonamides is 1. The molecule has 0 aliphatic carbocycles. The van der Waals surface area contributed by atoms with Crippen molar-refractivity contribution in [3.63, 3.8) is 0 Å². The second-order valence-electron chi connectivity index (χ2n) is 6.78. The number of benzene rings is 3. The minimum Gasteiger partial charge on any atom is -0.280 e. The average molecular weight is 459 g/mol. The van der Waals surface area contributed by atoms with Crippen molar-refractivity contribution in [2.75, 3.05) is 10.1 Å². The van der Waals surface area contributed by atoms with Crippen molar-refractivity contribution in [1.82, 2.24) is 0 Å². The maximum Gasteiger partial charge on any atom is 0.270 e. The molecule has 2 N–H and O–H groups in total. The lowest BCUT2D eigenvalue weighted by atomic mass is 10.1. The molecule has 0 saturated carbocycles. The summed E-state index contributed by atoms with van der Waals surface area (Å²) in [5, 5.41) is 15.7. The molecule has 0 heterocycles. The molecule has 0 saturated heterocycles. The number of aryl methyl sites for hydroxylation is 2. The second kappa shape index (κ2) is 9.15. The van der Waals surface area contributed by atoms with Gasteiger partial charge in [-0.1, -0.05) is 35.4 Å². The number of nitrogens with one attached hydrogen (secondary N) is 2. The number of nitro benzene ring substituents is 1. The van der Waals surface area contributed by atoms with Crippen LogP contribution in [0.4, 0.5) is 17.1 Å². The van der Waals surface area contributed by atoms with Crippen LogP contribution in [0.3, 0.4) is 0 Å². The molecule has 3 aromatic carbocycles. The van der Waals surface area contributed by atoms with Crippen LogP contribution in [-0.4, -0.2) is 19.6 Å². The molecular formula is C21H19ClN4O4S. The molecule has 0 spiro atoms. The van der Waals surface area contributed by atoms with Gasteiger partial charge in [0.25, 0.3) is 15.7 Å². The molecule has 8 nitrogen and oxygen atoms in total. The number of hydrogen-bond donors (Lipinski definition) is 2. The first-order valence-electron chi connectivity index (χ1n) is 9.09. The van der Waals surface area contributed by atoms with E-state index in [9.17, 15) is 18.5 Å². The SMILES string of the molecule is Cc1ccc(C=NNc2ccc([N+](=O)[O-])cc2S(=O)(=O)Nc2ccc(Cl)cc2)c(C)c1. The first-order valence-corrected chi connectivity index (χ1v) is 10.9. The lowest BCUT2D eigenvalue weighted by Crippen LogP contribution is -2.15. The molecule has 0 aliphatic heterocycles. The quantitative estimate of drug-likeness (QED) is 0.290. The summed E-state index contributed by atoms with van der Waals surface area (Å²) in [5.74, 6) is 0. The summed E-state index contributed by atoms with van der Waals surface area (Å²) in [5.41, 5.74) is 5.64. The maximum atomic E-state index is 12.9. The second-order valence-corrected chi connectivity index (χ2v) is 8.87. The Morgan fingerprint density at radius 2 is 1.74 bits per heavy atom. The predicted molar refractivity (Wildman–Crippen MR) is 122 cm³/mol. The molecule has 0 amide bonds. The Bertz CT molecular complexity index is 1260. The van der Waals surface area contributed by atoms with Gasteiger partial charge in [-0.3, -0.25) is 20.3 Å². The fourth-order valence-electron chi connectivity index (χ4n) is 2.81. The van der Waals surface area contributed by atoms with Crippen molar-refractivity contribution >= 4 is 44.9 Å². The van der Waals surface area contributed by atoms with Crippen LogP contribution in [-0.2, 0) is 10.0 Å². The van der Waals surface area contributed by atoms with E-state index in [4.69, 9.17) is 11.6 Å². The number of non-ortho nitro benzene ring substituents is 1. The largest absolute Gasteiger partial charge is 0.280 e. The Hall–Kier alpha value is -3.43. The van der Waals surface area contributed by atoms with Gasteiger partial charge in [-0.15, -0.1) is 0 Å². The Kier molecular flexibility index (Phi) is 6.57. The Morgan fingerprint density at radius 1 is 1.03 bits per heavy atom. The van der Waals surface area contributed by atoms with Gasteiger partial charge in [-0.25, -0.2) is 8.42 Å². The van der Waals surface area contributed by atoms with E-state index in [2.05, 4.69) is 15.2 Å². The summed E-state index contributed by atoms with van der Waals surface area (Å²) >= 11 is 5.83. The topological polar surface area (TPSA) is 114 Å². The minimum absolute atomic E-state index is 0.0908. The summed E-state index contributed by atoms with van der Waals surface area (Å²) in [7, 11) is -4.16. The molecule has 10 heteroatoms. The molecule has 3 rings (SSSR count). The lowest BCUT2D eigenvalue weighted by Gasteiger charge is -2.12. The van der Waals surface area contributed by atoms with E-state index in [0.717, 1.165) is 22.8 Å². The predicted octanol–water partition coefficient (Wildman–Crippen LogP) is 5.11. The molecule has 0 radical (unpaired) electrons. The summed E-state index contributed by atoms with van der Waals surface area (Å²) in [6.07, 6.45) is 1.55. The molecule has 0 aliphatic rings. The number of hydrogen-bond acceptors (Lipinski definition) is 6. The van der Waals surface area contributed by atoms with Crippen molar-refractivity contribution in [3.05, 3.63) is 92.5 Å². The van der Waals surface area contributed by atoms with Crippen LogP contribution in [0.15, 0.2) is 70.7 Å². The Balaban J connectivity index is 1.94. The number of rotatable bonds is 7. The molecule has 0 fully saturated rings. The van der Waals surface area contributed by atoms with Gasteiger partial charge in [0.05, 0.1) is 16.8 Å². The van der Waals surface area contributed by atoms with Crippen molar-refractivity contribution in [1.29, 1.82) is 0 Å². The summed E-state index contributed by atoms with van der Waals surface area (Å²) in [6.45, 7) is 3.92. The van der Waals surface area contributed by atoms with E-state index >= 15 is 0 Å². The standard InChI is InChI=1S/C21H19ClN4O4S/c1-14-3-4-16(15(2)11-14)13-23-24-20-10-9-19(26(27)28)12-21(20)31(29,30)25-18-7-5-17(22)6-8-18/h3-13,24-25H,1-2H3. The maximum absolute atomic E-state index is 12.9. The van der Waals surface area contributed by atoms with E-state index in [1.807, 2.05) is 32.0 Å². The highest BCUT2D eigenvalue weighted by molar-refractivity contribution is 7.92. The number of nitro groups is 1. The normalized spacial score (nSPS) is 11.5. The number of nitrogens with zero attached hydrogens (tertiary/aromatic N) is 2. The van der Waals surface area contributed by atoms with Crippen molar-refractivity contribution in [3.8, 4) is 0 Å². The monoisotopic (exact) mass is 458 g/mol. The van der Waals surface area contributed by atoms with Crippen molar-refractivity contribution < 1.29 is 13.3 Å². The van der Waals surface area contributed by atoms with Crippen LogP contribution in [0.2, 0.25) is 5.02 Å². The van der Waals surface area contributed by atoms with Gasteiger partial charge in [0.15, 0.2) is 0 Å². The molecule has 31 heavy (non-hydrogen) atoms. The molecule has 3 aromatic rings. The fourth-order valence-corrected chi connectivity index (χ4v) is 4.17. The smallest absolute Gasteiger partial charge is 0.270 e. The third kappa shape index (κ3) is 5.59. The summed E-state index contributed by atoms with van der Waals surface area (Å²) < 4.78 is 28.3. The van der Waals surface area contributed by atoms with Crippen LogP contribution < -0.4 is 10.1 Å². The third-order valence-electron chi connectivity index (χ3n) is 4.38. The highest BCUT2D eigenvalue weighted by Crippen LogP contribution is 2.28. The highest BCUT2D eigenvalue weighted by atomic mass is 35.5. The van der Waals surface area contributed by atoms with Gasteiger partial charge >= 0.3 is 0 Å². The van der Waals surface area contributed by atoms with E-state index in [-0.39, 0.29) is 22.0 Å². The minimum atomic E-state index is -4.16. The first kappa shape index (κ1) is 22.3. The van der Waals surface area contributed by atoms with Gasteiger partial charge in [0.1, 0.15) is 4.90 Å². The van der Waals surface area contributed by atoms with Crippen molar-refractivity contribution in [2.24, 2.45) is 5.10 Å². The van der Waals surface area contributed by atoms with Gasteiger partial charge in [-0.2, -0.15) is 5.10 Å². The third-order valence-corrected chi connectivity index (χ3v) is 6.05. The number of halogens is 1. The fraction of sp³-hybridized carbons (Fsp3) is 0.0952. The molecular weight excluding hydrogens is 440 g/mol. The lowest BCUT2D eigenvalue weighted by molar-refractivity contribution is -0.385. The van der Waals surface area contributed by atoms with Gasteiger partial charge in [0.2, 0.25) is 0 Å².